The lowest BCUT2D eigenvalue weighted by atomic mass is 10.3. The standard InChI is InChI=1S/C10H12F2N2OS/c1-6(15)8-7(2)16-9(13-8)14-4-3-10(11,12)5-14/h3-5H2,1-2H3. The van der Waals surface area contributed by atoms with Gasteiger partial charge in [-0.1, -0.05) is 0 Å². The van der Waals surface area contributed by atoms with Gasteiger partial charge in [-0.25, -0.2) is 13.8 Å². The monoisotopic (exact) mass is 246 g/mol. The molecule has 0 bridgehead atoms. The fourth-order valence-electron chi connectivity index (χ4n) is 1.74. The van der Waals surface area contributed by atoms with Crippen LogP contribution in [0, 0.1) is 6.92 Å². The average Bonchev–Trinajstić information content (AvgIpc) is 2.69. The Morgan fingerprint density at radius 2 is 2.25 bits per heavy atom. The normalized spacial score (nSPS) is 19.1. The van der Waals surface area contributed by atoms with Crippen LogP contribution in [-0.2, 0) is 0 Å². The van der Waals surface area contributed by atoms with Crippen molar-refractivity contribution >= 4 is 22.3 Å². The first-order valence-corrected chi connectivity index (χ1v) is 5.82. The van der Waals surface area contributed by atoms with Crippen molar-refractivity contribution in [1.82, 2.24) is 4.98 Å². The van der Waals surface area contributed by atoms with Gasteiger partial charge in [0.05, 0.1) is 6.54 Å². The summed E-state index contributed by atoms with van der Waals surface area (Å²) in [6, 6.07) is 0. The molecule has 0 aliphatic carbocycles. The Bertz CT molecular complexity index is 430. The number of halogens is 2. The largest absolute Gasteiger partial charge is 0.342 e. The summed E-state index contributed by atoms with van der Waals surface area (Å²) in [6.07, 6.45) is -0.138. The highest BCUT2D eigenvalue weighted by atomic mass is 32.1. The molecule has 0 aromatic carbocycles. The molecule has 0 unspecified atom stereocenters. The number of hydrogen-bond acceptors (Lipinski definition) is 4. The predicted molar refractivity (Wildman–Crippen MR) is 58.6 cm³/mol. The van der Waals surface area contributed by atoms with E-state index < -0.39 is 5.92 Å². The molecule has 16 heavy (non-hydrogen) atoms. The van der Waals surface area contributed by atoms with E-state index in [1.54, 1.807) is 11.8 Å². The highest BCUT2D eigenvalue weighted by Crippen LogP contribution is 2.34. The number of hydrogen-bond donors (Lipinski definition) is 0. The molecule has 2 rings (SSSR count). The Morgan fingerprint density at radius 1 is 1.56 bits per heavy atom. The molecule has 2 heterocycles. The topological polar surface area (TPSA) is 33.2 Å². The molecule has 0 radical (unpaired) electrons. The van der Waals surface area contributed by atoms with Crippen molar-refractivity contribution in [2.45, 2.75) is 26.2 Å². The fourth-order valence-corrected chi connectivity index (χ4v) is 2.73. The second kappa shape index (κ2) is 3.76. The number of alkyl halides is 2. The van der Waals surface area contributed by atoms with Gasteiger partial charge >= 0.3 is 0 Å². The zero-order chi connectivity index (χ0) is 11.9. The Kier molecular flexibility index (Phi) is 2.69. The van der Waals surface area contributed by atoms with E-state index in [0.29, 0.717) is 17.4 Å². The van der Waals surface area contributed by atoms with Crippen molar-refractivity contribution in [1.29, 1.82) is 0 Å². The molecule has 1 aliphatic heterocycles. The van der Waals surface area contributed by atoms with E-state index in [0.717, 1.165) is 4.88 Å². The summed E-state index contributed by atoms with van der Waals surface area (Å²) < 4.78 is 26.0. The third kappa shape index (κ3) is 2.07. The maximum absolute atomic E-state index is 13.0. The van der Waals surface area contributed by atoms with Crippen molar-refractivity contribution in [3.8, 4) is 0 Å². The Morgan fingerprint density at radius 3 is 2.69 bits per heavy atom. The van der Waals surface area contributed by atoms with Gasteiger partial charge in [0.1, 0.15) is 5.69 Å². The number of carbonyl (C=O) groups excluding carboxylic acids is 1. The third-order valence-electron chi connectivity index (χ3n) is 2.56. The minimum absolute atomic E-state index is 0.119. The number of Topliss-reactive ketones (excluding diaryl/α,β-unsaturated/α-hetero) is 1. The Balaban J connectivity index is 2.23. The lowest BCUT2D eigenvalue weighted by molar-refractivity contribution is 0.0257. The zero-order valence-electron chi connectivity index (χ0n) is 9.09. The highest BCUT2D eigenvalue weighted by molar-refractivity contribution is 7.15. The molecule has 3 nitrogen and oxygen atoms in total. The molecule has 1 aromatic heterocycles. The third-order valence-corrected chi connectivity index (χ3v) is 3.59. The first kappa shape index (κ1) is 11.4. The minimum Gasteiger partial charge on any atom is -0.342 e. The maximum atomic E-state index is 13.0. The summed E-state index contributed by atoms with van der Waals surface area (Å²) in [5, 5.41) is 0.528. The van der Waals surface area contributed by atoms with Crippen LogP contribution >= 0.6 is 11.3 Å². The summed E-state index contributed by atoms with van der Waals surface area (Å²) in [7, 11) is 0. The molecule has 1 aromatic rings. The van der Waals surface area contributed by atoms with Crippen LogP contribution in [0.25, 0.3) is 0 Å². The molecule has 1 saturated heterocycles. The zero-order valence-corrected chi connectivity index (χ0v) is 9.90. The molecule has 0 amide bonds. The number of aryl methyl sites for hydroxylation is 1. The second-order valence-corrected chi connectivity index (χ2v) is 5.17. The molecule has 1 fully saturated rings. The van der Waals surface area contributed by atoms with Crippen LogP contribution in [0.4, 0.5) is 13.9 Å². The number of carbonyl (C=O) groups is 1. The van der Waals surface area contributed by atoms with Crippen molar-refractivity contribution in [2.75, 3.05) is 18.0 Å². The van der Waals surface area contributed by atoms with E-state index >= 15 is 0 Å². The first-order valence-electron chi connectivity index (χ1n) is 5.00. The van der Waals surface area contributed by atoms with Gasteiger partial charge in [0.2, 0.25) is 0 Å². The Hall–Kier alpha value is -1.04. The Labute approximate surface area is 96.1 Å². The summed E-state index contributed by atoms with van der Waals surface area (Å²) >= 11 is 1.30. The molecule has 0 spiro atoms. The van der Waals surface area contributed by atoms with Gasteiger partial charge < -0.3 is 4.90 Å². The lowest BCUT2D eigenvalue weighted by Gasteiger charge is -2.13. The molecule has 88 valence electrons. The van der Waals surface area contributed by atoms with Crippen LogP contribution < -0.4 is 4.90 Å². The number of rotatable bonds is 2. The summed E-state index contributed by atoms with van der Waals surface area (Å²) in [6.45, 7) is 3.23. The van der Waals surface area contributed by atoms with Gasteiger partial charge in [-0.05, 0) is 6.92 Å². The average molecular weight is 246 g/mol. The van der Waals surface area contributed by atoms with Crippen molar-refractivity contribution < 1.29 is 13.6 Å². The summed E-state index contributed by atoms with van der Waals surface area (Å²) in [5.41, 5.74) is 0.398. The van der Waals surface area contributed by atoms with Crippen molar-refractivity contribution in [2.24, 2.45) is 0 Å². The van der Waals surface area contributed by atoms with Gasteiger partial charge in [0, 0.05) is 24.8 Å². The molecule has 0 saturated carbocycles. The second-order valence-electron chi connectivity index (χ2n) is 3.98. The van der Waals surface area contributed by atoms with Gasteiger partial charge in [0.15, 0.2) is 10.9 Å². The van der Waals surface area contributed by atoms with E-state index in [4.69, 9.17) is 0 Å². The molecule has 0 atom stereocenters. The number of thiazole rings is 1. The van der Waals surface area contributed by atoms with Crippen molar-refractivity contribution in [3.05, 3.63) is 10.6 Å². The summed E-state index contributed by atoms with van der Waals surface area (Å²) in [5.74, 6) is -2.75. The highest BCUT2D eigenvalue weighted by Gasteiger charge is 2.39. The SMILES string of the molecule is CC(=O)c1nc(N2CCC(F)(F)C2)sc1C. The molecule has 0 N–H and O–H groups in total. The van der Waals surface area contributed by atoms with E-state index in [1.165, 1.54) is 18.3 Å². The minimum atomic E-state index is -2.63. The van der Waals surface area contributed by atoms with Crippen LogP contribution in [0.15, 0.2) is 0 Å². The predicted octanol–water partition coefficient (Wildman–Crippen LogP) is 2.50. The van der Waals surface area contributed by atoms with E-state index in [1.807, 2.05) is 0 Å². The van der Waals surface area contributed by atoms with Crippen molar-refractivity contribution in [3.63, 3.8) is 0 Å². The molecular formula is C10H12F2N2OS. The molecule has 6 heteroatoms. The first-order chi connectivity index (χ1) is 7.39. The van der Waals surface area contributed by atoms with Crippen LogP contribution in [0.2, 0.25) is 0 Å². The van der Waals surface area contributed by atoms with Gasteiger partial charge in [-0.15, -0.1) is 11.3 Å². The van der Waals surface area contributed by atoms with E-state index in [9.17, 15) is 13.6 Å². The summed E-state index contributed by atoms with van der Waals surface area (Å²) in [4.78, 5) is 17.7. The smallest absolute Gasteiger partial charge is 0.267 e. The quantitative estimate of drug-likeness (QED) is 0.752. The van der Waals surface area contributed by atoms with Crippen LogP contribution in [0.5, 0.6) is 0 Å². The lowest BCUT2D eigenvalue weighted by Crippen LogP contribution is -2.24. The van der Waals surface area contributed by atoms with Gasteiger partial charge in [0.25, 0.3) is 5.92 Å². The van der Waals surface area contributed by atoms with Gasteiger partial charge in [-0.3, -0.25) is 4.79 Å². The fraction of sp³-hybridized carbons (Fsp3) is 0.600. The number of anilines is 1. The number of nitrogens with zero attached hydrogens (tertiary/aromatic N) is 2. The number of aromatic nitrogens is 1. The van der Waals surface area contributed by atoms with Gasteiger partial charge in [-0.2, -0.15) is 0 Å². The van der Waals surface area contributed by atoms with Crippen LogP contribution in [0.3, 0.4) is 0 Å². The van der Waals surface area contributed by atoms with E-state index in [2.05, 4.69) is 4.98 Å². The van der Waals surface area contributed by atoms with Crippen LogP contribution in [0.1, 0.15) is 28.7 Å². The van der Waals surface area contributed by atoms with E-state index in [-0.39, 0.29) is 18.7 Å². The molecule has 1 aliphatic rings. The van der Waals surface area contributed by atoms with Crippen LogP contribution in [-0.4, -0.2) is 29.8 Å². The molecular weight excluding hydrogens is 234 g/mol. The number of ketones is 1. The maximum Gasteiger partial charge on any atom is 0.267 e.